The highest BCUT2D eigenvalue weighted by atomic mass is 16.5. The van der Waals surface area contributed by atoms with Crippen molar-refractivity contribution in [2.75, 3.05) is 19.0 Å². The highest BCUT2D eigenvalue weighted by Crippen LogP contribution is 2.34. The van der Waals surface area contributed by atoms with Crippen LogP contribution < -0.4 is 10.6 Å². The van der Waals surface area contributed by atoms with Crippen LogP contribution >= 0.6 is 0 Å². The summed E-state index contributed by atoms with van der Waals surface area (Å²) in [5.41, 5.74) is -0.184. The minimum atomic E-state index is -1.15. The van der Waals surface area contributed by atoms with E-state index in [1.807, 2.05) is 0 Å². The first-order valence-corrected chi connectivity index (χ1v) is 6.62. The number of nitrogens with one attached hydrogen (secondary N) is 2. The topological polar surface area (TPSA) is 108 Å². The van der Waals surface area contributed by atoms with Crippen LogP contribution in [0.4, 0.5) is 10.5 Å². The van der Waals surface area contributed by atoms with Crippen LogP contribution in [0.15, 0.2) is 18.2 Å². The molecule has 0 aliphatic heterocycles. The van der Waals surface area contributed by atoms with Crippen molar-refractivity contribution in [1.82, 2.24) is 5.32 Å². The van der Waals surface area contributed by atoms with Crippen molar-refractivity contribution in [1.29, 1.82) is 0 Å². The van der Waals surface area contributed by atoms with E-state index < -0.39 is 12.0 Å². The van der Waals surface area contributed by atoms with Crippen molar-refractivity contribution in [3.05, 3.63) is 23.8 Å². The van der Waals surface area contributed by atoms with Crippen molar-refractivity contribution < 1.29 is 24.5 Å². The lowest BCUT2D eigenvalue weighted by Gasteiger charge is -2.40. The Morgan fingerprint density at radius 2 is 2.10 bits per heavy atom. The van der Waals surface area contributed by atoms with E-state index in [2.05, 4.69) is 10.6 Å². The van der Waals surface area contributed by atoms with Gasteiger partial charge in [-0.15, -0.1) is 0 Å². The zero-order chi connectivity index (χ0) is 15.5. The van der Waals surface area contributed by atoms with Crippen LogP contribution in [-0.2, 0) is 4.74 Å². The molecule has 1 aliphatic carbocycles. The van der Waals surface area contributed by atoms with E-state index in [9.17, 15) is 14.7 Å². The van der Waals surface area contributed by atoms with Gasteiger partial charge in [0.15, 0.2) is 0 Å². The van der Waals surface area contributed by atoms with E-state index in [0.29, 0.717) is 6.54 Å². The third-order valence-corrected chi connectivity index (χ3v) is 3.76. The number of benzene rings is 1. The average molecular weight is 294 g/mol. The number of methoxy groups -OCH3 is 1. The van der Waals surface area contributed by atoms with E-state index in [1.54, 1.807) is 7.11 Å². The maximum absolute atomic E-state index is 11.8. The zero-order valence-electron chi connectivity index (χ0n) is 11.7. The molecule has 1 aliphatic rings. The van der Waals surface area contributed by atoms with Crippen molar-refractivity contribution >= 4 is 17.7 Å². The van der Waals surface area contributed by atoms with Gasteiger partial charge in [-0.25, -0.2) is 9.59 Å². The Morgan fingerprint density at radius 1 is 1.38 bits per heavy atom. The molecule has 0 spiro atoms. The molecule has 0 atom stereocenters. The predicted octanol–water partition coefficient (Wildman–Crippen LogP) is 1.78. The number of anilines is 1. The van der Waals surface area contributed by atoms with Crippen molar-refractivity contribution in [2.45, 2.75) is 24.9 Å². The fourth-order valence-corrected chi connectivity index (χ4v) is 2.20. The molecule has 0 bridgehead atoms. The summed E-state index contributed by atoms with van der Waals surface area (Å²) in [5.74, 6) is -1.44. The molecule has 114 valence electrons. The van der Waals surface area contributed by atoms with Gasteiger partial charge in [0.2, 0.25) is 0 Å². The normalized spacial score (nSPS) is 15.9. The second-order valence-electron chi connectivity index (χ2n) is 5.09. The van der Waals surface area contributed by atoms with Crippen LogP contribution in [0.5, 0.6) is 5.75 Å². The number of amides is 2. The first-order valence-electron chi connectivity index (χ1n) is 6.62. The highest BCUT2D eigenvalue weighted by Gasteiger charge is 2.37. The van der Waals surface area contributed by atoms with Crippen LogP contribution in [0.3, 0.4) is 0 Å². The largest absolute Gasteiger partial charge is 0.506 e. The number of ether oxygens (including phenoxy) is 1. The van der Waals surface area contributed by atoms with Gasteiger partial charge in [-0.2, -0.15) is 0 Å². The number of urea groups is 1. The number of carboxylic acid groups (broad SMARTS) is 1. The third kappa shape index (κ3) is 3.43. The van der Waals surface area contributed by atoms with E-state index >= 15 is 0 Å². The number of carboxylic acids is 1. The van der Waals surface area contributed by atoms with Crippen molar-refractivity contribution in [3.8, 4) is 5.75 Å². The lowest BCUT2D eigenvalue weighted by molar-refractivity contribution is -0.0671. The molecule has 7 heteroatoms. The van der Waals surface area contributed by atoms with E-state index in [0.717, 1.165) is 25.3 Å². The summed E-state index contributed by atoms with van der Waals surface area (Å²) < 4.78 is 5.38. The lowest BCUT2D eigenvalue weighted by atomic mass is 9.80. The fraction of sp³-hybridized carbons (Fsp3) is 0.429. The van der Waals surface area contributed by atoms with Gasteiger partial charge in [0, 0.05) is 13.7 Å². The maximum Gasteiger partial charge on any atom is 0.335 e. The summed E-state index contributed by atoms with van der Waals surface area (Å²) in [5, 5.41) is 23.6. The molecule has 7 nitrogen and oxygen atoms in total. The molecule has 1 saturated carbocycles. The molecule has 0 aromatic heterocycles. The Bertz CT molecular complexity index is 549. The van der Waals surface area contributed by atoms with Gasteiger partial charge in [-0.3, -0.25) is 0 Å². The molecule has 2 rings (SSSR count). The number of carbonyl (C=O) groups is 2. The van der Waals surface area contributed by atoms with Crippen LogP contribution in [0, 0.1) is 0 Å². The highest BCUT2D eigenvalue weighted by molar-refractivity contribution is 5.93. The van der Waals surface area contributed by atoms with Gasteiger partial charge < -0.3 is 25.6 Å². The molecule has 1 aromatic carbocycles. The molecule has 4 N–H and O–H groups in total. The molecule has 1 aromatic rings. The van der Waals surface area contributed by atoms with E-state index in [1.165, 1.54) is 12.1 Å². The summed E-state index contributed by atoms with van der Waals surface area (Å²) in [6.45, 7) is 0.392. The molecule has 0 saturated heterocycles. The molecular formula is C14H18N2O5. The average Bonchev–Trinajstić information content (AvgIpc) is 2.40. The number of hydrogen-bond donors (Lipinski definition) is 4. The molecule has 0 unspecified atom stereocenters. The van der Waals surface area contributed by atoms with Crippen LogP contribution in [-0.4, -0.2) is 41.5 Å². The quantitative estimate of drug-likeness (QED) is 0.619. The zero-order valence-corrected chi connectivity index (χ0v) is 11.7. The molecule has 0 radical (unpaired) electrons. The Labute approximate surface area is 121 Å². The van der Waals surface area contributed by atoms with Crippen LogP contribution in [0.1, 0.15) is 29.6 Å². The number of aromatic carboxylic acids is 1. The minimum Gasteiger partial charge on any atom is -0.506 e. The van der Waals surface area contributed by atoms with Crippen LogP contribution in [0.25, 0.3) is 0 Å². The summed E-state index contributed by atoms with van der Waals surface area (Å²) in [7, 11) is 1.62. The molecule has 2 amide bonds. The summed E-state index contributed by atoms with van der Waals surface area (Å²) in [4.78, 5) is 22.5. The van der Waals surface area contributed by atoms with Crippen LogP contribution in [0.2, 0.25) is 0 Å². The number of phenols is 1. The first kappa shape index (κ1) is 15.1. The second kappa shape index (κ2) is 6.01. The molecule has 0 heterocycles. The summed E-state index contributed by atoms with van der Waals surface area (Å²) >= 11 is 0. The van der Waals surface area contributed by atoms with E-state index in [-0.39, 0.29) is 22.6 Å². The number of rotatable bonds is 5. The fourth-order valence-electron chi connectivity index (χ4n) is 2.20. The Balaban J connectivity index is 1.92. The molecule has 21 heavy (non-hydrogen) atoms. The van der Waals surface area contributed by atoms with Crippen molar-refractivity contribution in [3.63, 3.8) is 0 Å². The summed E-state index contributed by atoms with van der Waals surface area (Å²) in [6, 6.07) is 3.26. The minimum absolute atomic E-state index is 0.0498. The summed E-state index contributed by atoms with van der Waals surface area (Å²) in [6.07, 6.45) is 2.89. The number of carbonyl (C=O) groups excluding carboxylic acids is 1. The maximum atomic E-state index is 11.8. The Kier molecular flexibility index (Phi) is 4.32. The smallest absolute Gasteiger partial charge is 0.335 e. The standard InChI is InChI=1S/C14H18N2O5/c1-21-14(5-2-6-14)8-15-13(20)16-10-4-3-9(12(18)19)7-11(10)17/h3-4,7,17H,2,5-6,8H2,1H3,(H,18,19)(H2,15,16,20). The van der Waals surface area contributed by atoms with Crippen molar-refractivity contribution in [2.24, 2.45) is 0 Å². The van der Waals surface area contributed by atoms with Gasteiger partial charge in [0.25, 0.3) is 0 Å². The van der Waals surface area contributed by atoms with E-state index in [4.69, 9.17) is 9.84 Å². The van der Waals surface area contributed by atoms with Gasteiger partial charge >= 0.3 is 12.0 Å². The first-order chi connectivity index (χ1) is 9.96. The lowest BCUT2D eigenvalue weighted by Crippen LogP contribution is -2.50. The second-order valence-corrected chi connectivity index (χ2v) is 5.09. The Morgan fingerprint density at radius 3 is 2.57 bits per heavy atom. The van der Waals surface area contributed by atoms with Gasteiger partial charge in [-0.05, 0) is 37.5 Å². The number of phenolic OH excluding ortho intramolecular Hbond substituents is 1. The number of aromatic hydroxyl groups is 1. The third-order valence-electron chi connectivity index (χ3n) is 3.76. The van der Waals surface area contributed by atoms with Gasteiger partial charge in [-0.1, -0.05) is 0 Å². The monoisotopic (exact) mass is 294 g/mol. The van der Waals surface area contributed by atoms with Gasteiger partial charge in [0.1, 0.15) is 5.75 Å². The SMILES string of the molecule is COC1(CNC(=O)Nc2ccc(C(=O)O)cc2O)CCC1. The Hall–Kier alpha value is -2.28. The predicted molar refractivity (Wildman–Crippen MR) is 75.7 cm³/mol. The number of hydrogen-bond acceptors (Lipinski definition) is 4. The van der Waals surface area contributed by atoms with Gasteiger partial charge in [0.05, 0.1) is 16.9 Å². The molecule has 1 fully saturated rings. The molecular weight excluding hydrogens is 276 g/mol.